The van der Waals surface area contributed by atoms with Crippen LogP contribution in [-0.2, 0) is 9.59 Å². The lowest BCUT2D eigenvalue weighted by atomic mass is 9.74. The third-order valence-corrected chi connectivity index (χ3v) is 4.90. The summed E-state index contributed by atoms with van der Waals surface area (Å²) in [4.78, 5) is 26.3. The molecule has 0 aliphatic carbocycles. The molecule has 0 fully saturated rings. The highest BCUT2D eigenvalue weighted by Gasteiger charge is 2.34. The van der Waals surface area contributed by atoms with Crippen LogP contribution in [0.4, 0.5) is 0 Å². The molecule has 0 aliphatic heterocycles. The normalized spacial score (nSPS) is 13.2. The topological polar surface area (TPSA) is 34.1 Å². The van der Waals surface area contributed by atoms with Gasteiger partial charge in [0.15, 0.2) is 0 Å². The van der Waals surface area contributed by atoms with E-state index < -0.39 is 11.8 Å². The van der Waals surface area contributed by atoms with E-state index in [1.54, 1.807) is 0 Å². The van der Waals surface area contributed by atoms with Crippen molar-refractivity contribution in [3.05, 3.63) is 71.8 Å². The quantitative estimate of drug-likeness (QED) is 0.492. The minimum Gasteiger partial charge on any atom is -0.299 e. The maximum absolute atomic E-state index is 13.1. The van der Waals surface area contributed by atoms with Gasteiger partial charge in [-0.15, -0.1) is 0 Å². The van der Waals surface area contributed by atoms with Gasteiger partial charge < -0.3 is 0 Å². The molecular formula is C24H30O2. The Kier molecular flexibility index (Phi) is 8.27. The smallest absolute Gasteiger partial charge is 0.141 e. The highest BCUT2D eigenvalue weighted by Crippen LogP contribution is 2.37. The Morgan fingerprint density at radius 3 is 1.31 bits per heavy atom. The molecule has 0 N–H and O–H groups in total. The second kappa shape index (κ2) is 10.7. The van der Waals surface area contributed by atoms with Crippen LogP contribution in [0.5, 0.6) is 0 Å². The molecule has 0 spiro atoms. The van der Waals surface area contributed by atoms with Crippen molar-refractivity contribution in [3.63, 3.8) is 0 Å². The second-order valence-electron chi connectivity index (χ2n) is 6.92. The Labute approximate surface area is 157 Å². The van der Waals surface area contributed by atoms with Crippen molar-refractivity contribution in [3.8, 4) is 0 Å². The summed E-state index contributed by atoms with van der Waals surface area (Å²) in [6.07, 6.45) is 4.75. The van der Waals surface area contributed by atoms with Gasteiger partial charge in [0.1, 0.15) is 11.6 Å². The fraction of sp³-hybridized carbons (Fsp3) is 0.417. The van der Waals surface area contributed by atoms with Crippen LogP contribution in [0.15, 0.2) is 60.7 Å². The molecule has 2 unspecified atom stereocenters. The van der Waals surface area contributed by atoms with E-state index in [9.17, 15) is 9.59 Å². The van der Waals surface area contributed by atoms with E-state index in [-0.39, 0.29) is 11.6 Å². The zero-order valence-corrected chi connectivity index (χ0v) is 16.0. The largest absolute Gasteiger partial charge is 0.299 e. The van der Waals surface area contributed by atoms with Gasteiger partial charge in [0.2, 0.25) is 0 Å². The average Bonchev–Trinajstić information content (AvgIpc) is 2.69. The Balaban J connectivity index is 2.46. The molecule has 138 valence electrons. The number of ketones is 2. The first-order valence-corrected chi connectivity index (χ1v) is 9.84. The first kappa shape index (κ1) is 20.1. The second-order valence-corrected chi connectivity index (χ2v) is 6.92. The Hall–Kier alpha value is -2.22. The van der Waals surface area contributed by atoms with Crippen molar-refractivity contribution in [2.75, 3.05) is 0 Å². The predicted molar refractivity (Wildman–Crippen MR) is 107 cm³/mol. The fourth-order valence-corrected chi connectivity index (χ4v) is 3.46. The molecule has 0 saturated carbocycles. The number of carbonyl (C=O) groups excluding carboxylic acids is 2. The summed E-state index contributed by atoms with van der Waals surface area (Å²) in [6, 6.07) is 19.6. The van der Waals surface area contributed by atoms with Gasteiger partial charge in [-0.2, -0.15) is 0 Å². The van der Waals surface area contributed by atoms with Crippen LogP contribution < -0.4 is 0 Å². The molecule has 2 heteroatoms. The average molecular weight is 351 g/mol. The van der Waals surface area contributed by atoms with E-state index in [2.05, 4.69) is 13.8 Å². The third-order valence-electron chi connectivity index (χ3n) is 4.90. The molecule has 0 radical (unpaired) electrons. The summed E-state index contributed by atoms with van der Waals surface area (Å²) < 4.78 is 0. The van der Waals surface area contributed by atoms with E-state index in [1.165, 1.54) is 0 Å². The van der Waals surface area contributed by atoms with Gasteiger partial charge in [0.25, 0.3) is 0 Å². The molecule has 0 aromatic heterocycles. The Morgan fingerprint density at radius 1 is 0.654 bits per heavy atom. The van der Waals surface area contributed by atoms with Crippen LogP contribution in [-0.4, -0.2) is 11.6 Å². The first-order valence-electron chi connectivity index (χ1n) is 9.84. The van der Waals surface area contributed by atoms with Crippen molar-refractivity contribution >= 4 is 11.6 Å². The number of unbranched alkanes of at least 4 members (excludes halogenated alkanes) is 2. The van der Waals surface area contributed by atoms with Crippen molar-refractivity contribution in [1.82, 2.24) is 0 Å². The van der Waals surface area contributed by atoms with Crippen molar-refractivity contribution in [1.29, 1.82) is 0 Å². The molecule has 0 bridgehead atoms. The maximum Gasteiger partial charge on any atom is 0.141 e. The molecule has 0 aliphatic rings. The number of Topliss-reactive ketones (excluding diaryl/α,β-unsaturated/α-hetero) is 2. The number of carbonyl (C=O) groups is 2. The van der Waals surface area contributed by atoms with E-state index in [0.29, 0.717) is 12.8 Å². The summed E-state index contributed by atoms with van der Waals surface area (Å²) in [5.41, 5.74) is 1.90. The monoisotopic (exact) mass is 350 g/mol. The predicted octanol–water partition coefficient (Wildman–Crippen LogP) is 6.07. The van der Waals surface area contributed by atoms with Gasteiger partial charge in [0.05, 0.1) is 11.8 Å². The van der Waals surface area contributed by atoms with Gasteiger partial charge in [-0.05, 0) is 24.0 Å². The molecule has 0 amide bonds. The van der Waals surface area contributed by atoms with Crippen LogP contribution in [0.2, 0.25) is 0 Å². The van der Waals surface area contributed by atoms with Crippen molar-refractivity contribution in [2.45, 2.75) is 64.2 Å². The van der Waals surface area contributed by atoms with Crippen molar-refractivity contribution < 1.29 is 9.59 Å². The third kappa shape index (κ3) is 5.39. The lowest BCUT2D eigenvalue weighted by molar-refractivity contribution is -0.127. The molecule has 2 aromatic carbocycles. The molecule has 0 saturated heterocycles. The summed E-state index contributed by atoms with van der Waals surface area (Å²) in [7, 11) is 0. The zero-order valence-electron chi connectivity index (χ0n) is 16.0. The van der Waals surface area contributed by atoms with Crippen LogP contribution in [0.1, 0.15) is 75.3 Å². The highest BCUT2D eigenvalue weighted by molar-refractivity contribution is 5.96. The van der Waals surface area contributed by atoms with Crippen LogP contribution in [0.25, 0.3) is 0 Å². The minimum absolute atomic E-state index is 0.178. The first-order chi connectivity index (χ1) is 12.7. The fourth-order valence-electron chi connectivity index (χ4n) is 3.46. The minimum atomic E-state index is -0.394. The van der Waals surface area contributed by atoms with Crippen LogP contribution in [0, 0.1) is 0 Å². The van der Waals surface area contributed by atoms with E-state index in [1.807, 2.05) is 60.7 Å². The lowest BCUT2D eigenvalue weighted by Crippen LogP contribution is -2.27. The summed E-state index contributed by atoms with van der Waals surface area (Å²) in [5, 5.41) is 0. The number of hydrogen-bond acceptors (Lipinski definition) is 2. The summed E-state index contributed by atoms with van der Waals surface area (Å²) >= 11 is 0. The molecule has 2 rings (SSSR count). The SMILES string of the molecule is CCCCC(=O)C(c1ccccc1)C(C(=O)CCCC)c1ccccc1. The molecule has 2 aromatic rings. The molecule has 2 nitrogen and oxygen atoms in total. The molecule has 26 heavy (non-hydrogen) atoms. The Bertz CT molecular complexity index is 614. The van der Waals surface area contributed by atoms with Crippen molar-refractivity contribution in [2.24, 2.45) is 0 Å². The zero-order chi connectivity index (χ0) is 18.8. The van der Waals surface area contributed by atoms with E-state index >= 15 is 0 Å². The van der Waals surface area contributed by atoms with Crippen LogP contribution in [0.3, 0.4) is 0 Å². The van der Waals surface area contributed by atoms with Gasteiger partial charge in [0, 0.05) is 12.8 Å². The van der Waals surface area contributed by atoms with E-state index in [0.717, 1.165) is 36.8 Å². The number of hydrogen-bond donors (Lipinski definition) is 0. The van der Waals surface area contributed by atoms with Gasteiger partial charge in [-0.3, -0.25) is 9.59 Å². The Morgan fingerprint density at radius 2 is 1.00 bits per heavy atom. The van der Waals surface area contributed by atoms with Gasteiger partial charge >= 0.3 is 0 Å². The molecule has 2 atom stereocenters. The molecule has 0 heterocycles. The van der Waals surface area contributed by atoms with Crippen LogP contribution >= 0.6 is 0 Å². The van der Waals surface area contributed by atoms with Gasteiger partial charge in [-0.1, -0.05) is 87.4 Å². The summed E-state index contributed by atoms with van der Waals surface area (Å²) in [6.45, 7) is 4.18. The van der Waals surface area contributed by atoms with Gasteiger partial charge in [-0.25, -0.2) is 0 Å². The lowest BCUT2D eigenvalue weighted by Gasteiger charge is -2.26. The molecular weight excluding hydrogens is 320 g/mol. The maximum atomic E-state index is 13.1. The standard InChI is InChI=1S/C24H30O2/c1-3-5-17-21(25)23(19-13-9-7-10-14-19)24(22(26)18-6-4-2)20-15-11-8-12-16-20/h7-16,23-24H,3-6,17-18H2,1-2H3. The van der Waals surface area contributed by atoms with E-state index in [4.69, 9.17) is 0 Å². The number of rotatable bonds is 11. The summed E-state index contributed by atoms with van der Waals surface area (Å²) in [5.74, 6) is -0.433. The number of benzene rings is 2. The highest BCUT2D eigenvalue weighted by atomic mass is 16.1.